The smallest absolute Gasteiger partial charge is 0.355 e. The Bertz CT molecular complexity index is 379. The van der Waals surface area contributed by atoms with Gasteiger partial charge in [-0.3, -0.25) is 0 Å². The number of rotatable bonds is 8. The molecule has 0 bridgehead atoms. The molecule has 1 atom stereocenters. The van der Waals surface area contributed by atoms with Crippen LogP contribution in [-0.2, 0) is 0 Å². The van der Waals surface area contributed by atoms with Crippen LogP contribution in [0.2, 0.25) is 0 Å². The maximum Gasteiger partial charge on any atom is 0.355 e. The minimum atomic E-state index is -0.942. The van der Waals surface area contributed by atoms with E-state index in [1.54, 1.807) is 5.38 Å². The van der Waals surface area contributed by atoms with Gasteiger partial charge in [-0.1, -0.05) is 27.2 Å². The van der Waals surface area contributed by atoms with E-state index in [9.17, 15) is 4.79 Å². The summed E-state index contributed by atoms with van der Waals surface area (Å²) >= 11 is 1.44. The first-order chi connectivity index (χ1) is 8.58. The van der Waals surface area contributed by atoms with Crippen LogP contribution in [0.4, 0.5) is 0 Å². The molecule has 0 radical (unpaired) electrons. The summed E-state index contributed by atoms with van der Waals surface area (Å²) in [6.45, 7) is 9.54. The summed E-state index contributed by atoms with van der Waals surface area (Å²) in [5.74, 6) is -0.650. The van der Waals surface area contributed by atoms with E-state index in [1.165, 1.54) is 24.2 Å². The van der Waals surface area contributed by atoms with E-state index in [2.05, 4.69) is 30.7 Å². The van der Waals surface area contributed by atoms with Crippen LogP contribution < -0.4 is 0 Å². The van der Waals surface area contributed by atoms with E-state index in [-0.39, 0.29) is 5.69 Å². The fourth-order valence-electron chi connectivity index (χ4n) is 1.84. The van der Waals surface area contributed by atoms with Gasteiger partial charge < -0.3 is 10.0 Å². The summed E-state index contributed by atoms with van der Waals surface area (Å²) in [6.07, 6.45) is 2.41. The third-order valence-electron chi connectivity index (χ3n) is 2.97. The largest absolute Gasteiger partial charge is 0.476 e. The second kappa shape index (κ2) is 7.48. The Kier molecular flexibility index (Phi) is 6.29. The molecular formula is C13H22N2O2S. The van der Waals surface area contributed by atoms with Gasteiger partial charge in [-0.2, -0.15) is 0 Å². The maximum atomic E-state index is 10.8. The van der Waals surface area contributed by atoms with Gasteiger partial charge in [-0.15, -0.1) is 11.3 Å². The number of nitrogens with zero attached hydrogens (tertiary/aromatic N) is 2. The Morgan fingerprint density at radius 3 is 2.78 bits per heavy atom. The number of carboxylic acid groups (broad SMARTS) is 1. The van der Waals surface area contributed by atoms with Gasteiger partial charge >= 0.3 is 5.97 Å². The predicted molar refractivity (Wildman–Crippen MR) is 74.5 cm³/mol. The third kappa shape index (κ3) is 4.38. The molecule has 102 valence electrons. The highest BCUT2D eigenvalue weighted by atomic mass is 32.1. The van der Waals surface area contributed by atoms with Gasteiger partial charge in [0, 0.05) is 17.8 Å². The number of hydrogen-bond donors (Lipinski definition) is 1. The highest BCUT2D eigenvalue weighted by Crippen LogP contribution is 2.21. The van der Waals surface area contributed by atoms with Gasteiger partial charge in [0.25, 0.3) is 0 Å². The van der Waals surface area contributed by atoms with Crippen molar-refractivity contribution < 1.29 is 9.90 Å². The minimum Gasteiger partial charge on any atom is -0.476 e. The molecule has 0 aliphatic heterocycles. The maximum absolute atomic E-state index is 10.8. The fourth-order valence-corrected chi connectivity index (χ4v) is 2.68. The first kappa shape index (κ1) is 15.1. The standard InChI is InChI=1S/C13H22N2O2S/c1-4-6-7-15(5-2)8-10(3)12-14-11(9-18-12)13(16)17/h9-10H,4-8H2,1-3H3,(H,16,17). The fraction of sp³-hybridized carbons (Fsp3) is 0.692. The molecule has 5 heteroatoms. The molecule has 4 nitrogen and oxygen atoms in total. The molecule has 0 amide bonds. The number of carbonyl (C=O) groups is 1. The van der Waals surface area contributed by atoms with Gasteiger partial charge in [0.05, 0.1) is 5.01 Å². The van der Waals surface area contributed by atoms with Gasteiger partial charge in [0.2, 0.25) is 0 Å². The second-order valence-corrected chi connectivity index (χ2v) is 5.41. The zero-order valence-electron chi connectivity index (χ0n) is 11.3. The summed E-state index contributed by atoms with van der Waals surface area (Å²) in [4.78, 5) is 17.4. The number of aromatic carboxylic acids is 1. The lowest BCUT2D eigenvalue weighted by molar-refractivity contribution is 0.0691. The molecule has 1 heterocycles. The number of unbranched alkanes of at least 4 members (excludes halogenated alkanes) is 1. The molecule has 18 heavy (non-hydrogen) atoms. The van der Waals surface area contributed by atoms with Crippen molar-refractivity contribution in [3.05, 3.63) is 16.1 Å². The average molecular weight is 270 g/mol. The van der Waals surface area contributed by atoms with Crippen molar-refractivity contribution in [2.24, 2.45) is 0 Å². The van der Waals surface area contributed by atoms with Crippen LogP contribution in [0.5, 0.6) is 0 Å². The lowest BCUT2D eigenvalue weighted by atomic mass is 10.1. The highest BCUT2D eigenvalue weighted by Gasteiger charge is 2.16. The van der Waals surface area contributed by atoms with Crippen LogP contribution in [0.15, 0.2) is 5.38 Å². The molecule has 1 aromatic rings. The van der Waals surface area contributed by atoms with E-state index < -0.39 is 5.97 Å². The van der Waals surface area contributed by atoms with Crippen molar-refractivity contribution in [2.75, 3.05) is 19.6 Å². The third-order valence-corrected chi connectivity index (χ3v) is 4.05. The van der Waals surface area contributed by atoms with E-state index in [0.717, 1.165) is 24.6 Å². The van der Waals surface area contributed by atoms with Crippen LogP contribution in [0.1, 0.15) is 55.0 Å². The van der Waals surface area contributed by atoms with Gasteiger partial charge in [0.1, 0.15) is 0 Å². The van der Waals surface area contributed by atoms with Gasteiger partial charge in [-0.05, 0) is 19.5 Å². The summed E-state index contributed by atoms with van der Waals surface area (Å²) in [5, 5.41) is 11.4. The summed E-state index contributed by atoms with van der Waals surface area (Å²) in [6, 6.07) is 0. The molecule has 0 saturated carbocycles. The van der Waals surface area contributed by atoms with Crippen molar-refractivity contribution in [3.8, 4) is 0 Å². The van der Waals surface area contributed by atoms with Crippen molar-refractivity contribution in [2.45, 2.75) is 39.5 Å². The summed E-state index contributed by atoms with van der Waals surface area (Å²) in [7, 11) is 0. The molecule has 1 unspecified atom stereocenters. The molecule has 0 saturated heterocycles. The Morgan fingerprint density at radius 1 is 1.56 bits per heavy atom. The van der Waals surface area contributed by atoms with Gasteiger partial charge in [-0.25, -0.2) is 9.78 Å². The topological polar surface area (TPSA) is 53.4 Å². The minimum absolute atomic E-state index is 0.165. The predicted octanol–water partition coefficient (Wildman–Crippen LogP) is 3.07. The Balaban J connectivity index is 2.56. The van der Waals surface area contributed by atoms with E-state index in [0.29, 0.717) is 5.92 Å². The first-order valence-electron chi connectivity index (χ1n) is 6.49. The Hall–Kier alpha value is -0.940. The molecule has 1 aromatic heterocycles. The van der Waals surface area contributed by atoms with Crippen LogP contribution in [0.25, 0.3) is 0 Å². The molecule has 1 rings (SSSR count). The van der Waals surface area contributed by atoms with E-state index >= 15 is 0 Å². The second-order valence-electron chi connectivity index (χ2n) is 4.52. The van der Waals surface area contributed by atoms with Crippen LogP contribution >= 0.6 is 11.3 Å². The number of thiazole rings is 1. The van der Waals surface area contributed by atoms with Crippen LogP contribution in [0.3, 0.4) is 0 Å². The van der Waals surface area contributed by atoms with Crippen LogP contribution in [-0.4, -0.2) is 40.6 Å². The summed E-state index contributed by atoms with van der Waals surface area (Å²) < 4.78 is 0. The molecule has 0 aliphatic rings. The molecule has 1 N–H and O–H groups in total. The zero-order valence-corrected chi connectivity index (χ0v) is 12.2. The molecule has 0 aliphatic carbocycles. The van der Waals surface area contributed by atoms with Crippen molar-refractivity contribution in [1.29, 1.82) is 0 Å². The molecule has 0 spiro atoms. The van der Waals surface area contributed by atoms with E-state index in [1.807, 2.05) is 0 Å². The van der Waals surface area contributed by atoms with Gasteiger partial charge in [0.15, 0.2) is 5.69 Å². The zero-order chi connectivity index (χ0) is 13.5. The van der Waals surface area contributed by atoms with Crippen molar-refractivity contribution in [3.63, 3.8) is 0 Å². The lowest BCUT2D eigenvalue weighted by Gasteiger charge is -2.23. The number of carboxylic acids is 1. The summed E-state index contributed by atoms with van der Waals surface area (Å²) in [5.41, 5.74) is 0.165. The molecule has 0 aromatic carbocycles. The Morgan fingerprint density at radius 2 is 2.28 bits per heavy atom. The number of likely N-dealkylation sites (N-methyl/N-ethyl adjacent to an activating group) is 1. The number of aromatic nitrogens is 1. The SMILES string of the molecule is CCCCN(CC)CC(C)c1nc(C(=O)O)cs1. The highest BCUT2D eigenvalue weighted by molar-refractivity contribution is 7.09. The van der Waals surface area contributed by atoms with Crippen molar-refractivity contribution in [1.82, 2.24) is 9.88 Å². The van der Waals surface area contributed by atoms with Crippen LogP contribution in [0, 0.1) is 0 Å². The average Bonchev–Trinajstić information content (AvgIpc) is 2.83. The number of hydrogen-bond acceptors (Lipinski definition) is 4. The first-order valence-corrected chi connectivity index (χ1v) is 7.37. The molecule has 0 fully saturated rings. The lowest BCUT2D eigenvalue weighted by Crippen LogP contribution is -2.28. The Labute approximate surface area is 113 Å². The molecular weight excluding hydrogens is 248 g/mol. The van der Waals surface area contributed by atoms with E-state index in [4.69, 9.17) is 5.11 Å². The monoisotopic (exact) mass is 270 g/mol. The normalized spacial score (nSPS) is 12.9. The quantitative estimate of drug-likeness (QED) is 0.788. The van der Waals surface area contributed by atoms with Crippen molar-refractivity contribution >= 4 is 17.3 Å².